The highest BCUT2D eigenvalue weighted by Crippen LogP contribution is 2.30. The summed E-state index contributed by atoms with van der Waals surface area (Å²) in [5.41, 5.74) is -0.802. The van der Waals surface area contributed by atoms with Gasteiger partial charge in [0, 0.05) is 37.6 Å². The van der Waals surface area contributed by atoms with E-state index in [0.29, 0.717) is 18.0 Å². The molecule has 3 heterocycles. The van der Waals surface area contributed by atoms with Crippen molar-refractivity contribution in [3.8, 4) is 0 Å². The van der Waals surface area contributed by atoms with Crippen LogP contribution in [0.2, 0.25) is 0 Å². The van der Waals surface area contributed by atoms with E-state index in [2.05, 4.69) is 15.3 Å². The average molecular weight is 244 g/mol. The van der Waals surface area contributed by atoms with Crippen LogP contribution in [0.3, 0.4) is 0 Å². The first kappa shape index (κ1) is 10.8. The third-order valence-electron chi connectivity index (χ3n) is 3.28. The second-order valence-electron chi connectivity index (χ2n) is 4.42. The van der Waals surface area contributed by atoms with Crippen molar-refractivity contribution in [2.45, 2.75) is 24.7 Å². The maximum atomic E-state index is 12.3. The number of rotatable bonds is 1. The Morgan fingerprint density at radius 3 is 2.47 bits per heavy atom. The van der Waals surface area contributed by atoms with Gasteiger partial charge in [-0.3, -0.25) is 0 Å². The molecule has 92 valence electrons. The molecule has 0 spiro atoms. The zero-order valence-electron chi connectivity index (χ0n) is 8.91. The van der Waals surface area contributed by atoms with E-state index < -0.39 is 11.7 Å². The number of hydrogen-bond acceptors (Lipinski definition) is 4. The Bertz CT molecular complexity index is 417. The topological polar surface area (TPSA) is 41.1 Å². The summed E-state index contributed by atoms with van der Waals surface area (Å²) in [5.74, 6) is 0.395. The highest BCUT2D eigenvalue weighted by atomic mass is 19.4. The summed E-state index contributed by atoms with van der Waals surface area (Å²) in [5, 5.41) is 3.31. The van der Waals surface area contributed by atoms with E-state index >= 15 is 0 Å². The number of fused-ring (bicyclic) bond motifs is 2. The van der Waals surface area contributed by atoms with Crippen LogP contribution in [0.5, 0.6) is 0 Å². The molecule has 0 saturated carbocycles. The van der Waals surface area contributed by atoms with Crippen LogP contribution < -0.4 is 10.2 Å². The molecule has 1 aromatic heterocycles. The summed E-state index contributed by atoms with van der Waals surface area (Å²) < 4.78 is 37.0. The van der Waals surface area contributed by atoms with E-state index in [9.17, 15) is 13.2 Å². The number of halogens is 3. The molecule has 2 fully saturated rings. The van der Waals surface area contributed by atoms with Crippen LogP contribution in [0.1, 0.15) is 12.0 Å². The van der Waals surface area contributed by atoms with E-state index in [1.165, 1.54) is 0 Å². The van der Waals surface area contributed by atoms with Crippen molar-refractivity contribution in [2.75, 3.05) is 18.0 Å². The SMILES string of the molecule is FC(F)(F)c1cnc(N2C[C@@H]3C[C@H]2CN3)nc1. The number of nitrogens with one attached hydrogen (secondary N) is 1. The van der Waals surface area contributed by atoms with Crippen LogP contribution in [-0.4, -0.2) is 35.1 Å². The van der Waals surface area contributed by atoms with E-state index in [0.717, 1.165) is 31.9 Å². The standard InChI is InChI=1S/C10H11F3N4/c11-10(12,13)6-2-15-9(16-3-6)17-5-7-1-8(17)4-14-7/h2-3,7-8,14H,1,4-5H2/t7-,8-/m0/s1. The molecule has 0 radical (unpaired) electrons. The normalized spacial score (nSPS) is 27.8. The molecule has 2 atom stereocenters. The maximum Gasteiger partial charge on any atom is 0.419 e. The summed E-state index contributed by atoms with van der Waals surface area (Å²) in [6, 6.07) is 0.739. The van der Waals surface area contributed by atoms with Gasteiger partial charge in [0.15, 0.2) is 0 Å². The zero-order chi connectivity index (χ0) is 12.0. The van der Waals surface area contributed by atoms with Gasteiger partial charge < -0.3 is 10.2 Å². The van der Waals surface area contributed by atoms with Crippen molar-refractivity contribution in [1.82, 2.24) is 15.3 Å². The summed E-state index contributed by atoms with van der Waals surface area (Å²) in [7, 11) is 0. The molecule has 17 heavy (non-hydrogen) atoms. The van der Waals surface area contributed by atoms with Crippen molar-refractivity contribution in [2.24, 2.45) is 0 Å². The Hall–Kier alpha value is -1.37. The first-order valence-electron chi connectivity index (χ1n) is 5.43. The van der Waals surface area contributed by atoms with Gasteiger partial charge in [-0.25, -0.2) is 9.97 Å². The molecule has 2 saturated heterocycles. The van der Waals surface area contributed by atoms with Gasteiger partial charge in [0.1, 0.15) is 0 Å². The second kappa shape index (κ2) is 3.56. The Kier molecular flexibility index (Phi) is 2.25. The van der Waals surface area contributed by atoms with Crippen LogP contribution in [0.25, 0.3) is 0 Å². The summed E-state index contributed by atoms with van der Waals surface area (Å²) in [6.07, 6.45) is -1.65. The van der Waals surface area contributed by atoms with E-state index in [-0.39, 0.29) is 0 Å². The Morgan fingerprint density at radius 1 is 1.29 bits per heavy atom. The Morgan fingerprint density at radius 2 is 2.00 bits per heavy atom. The number of anilines is 1. The molecule has 1 aromatic rings. The van der Waals surface area contributed by atoms with Crippen LogP contribution in [0.15, 0.2) is 12.4 Å². The fraction of sp³-hybridized carbons (Fsp3) is 0.600. The summed E-state index contributed by atoms with van der Waals surface area (Å²) in [4.78, 5) is 9.60. The van der Waals surface area contributed by atoms with Gasteiger partial charge in [0.2, 0.25) is 5.95 Å². The lowest BCUT2D eigenvalue weighted by Gasteiger charge is -2.27. The third-order valence-corrected chi connectivity index (χ3v) is 3.28. The zero-order valence-corrected chi connectivity index (χ0v) is 8.91. The fourth-order valence-electron chi connectivity index (χ4n) is 2.42. The molecule has 2 aliphatic heterocycles. The van der Waals surface area contributed by atoms with Gasteiger partial charge >= 0.3 is 6.18 Å². The van der Waals surface area contributed by atoms with E-state index in [1.54, 1.807) is 0 Å². The maximum absolute atomic E-state index is 12.3. The van der Waals surface area contributed by atoms with Crippen molar-refractivity contribution >= 4 is 5.95 Å². The molecular formula is C10H11F3N4. The highest BCUT2D eigenvalue weighted by molar-refractivity contribution is 5.37. The van der Waals surface area contributed by atoms with Gasteiger partial charge in [-0.15, -0.1) is 0 Å². The minimum Gasteiger partial charge on any atom is -0.335 e. The molecule has 0 unspecified atom stereocenters. The molecule has 7 heteroatoms. The lowest BCUT2D eigenvalue weighted by molar-refractivity contribution is -0.138. The lowest BCUT2D eigenvalue weighted by Crippen LogP contribution is -2.44. The smallest absolute Gasteiger partial charge is 0.335 e. The first-order valence-corrected chi connectivity index (χ1v) is 5.43. The molecule has 0 amide bonds. The number of piperazine rings is 1. The van der Waals surface area contributed by atoms with E-state index in [4.69, 9.17) is 0 Å². The van der Waals surface area contributed by atoms with Gasteiger partial charge in [-0.2, -0.15) is 13.2 Å². The van der Waals surface area contributed by atoms with Crippen LogP contribution in [0, 0.1) is 0 Å². The molecule has 2 aliphatic rings. The molecule has 0 aliphatic carbocycles. The van der Waals surface area contributed by atoms with Gasteiger partial charge in [0.05, 0.1) is 5.56 Å². The number of alkyl halides is 3. The van der Waals surface area contributed by atoms with Gasteiger partial charge in [-0.1, -0.05) is 0 Å². The average Bonchev–Trinajstić information content (AvgIpc) is 2.89. The van der Waals surface area contributed by atoms with Gasteiger partial charge in [0.25, 0.3) is 0 Å². The van der Waals surface area contributed by atoms with Crippen molar-refractivity contribution in [3.63, 3.8) is 0 Å². The number of hydrogen-bond donors (Lipinski definition) is 1. The fourth-order valence-corrected chi connectivity index (χ4v) is 2.42. The monoisotopic (exact) mass is 244 g/mol. The predicted octanol–water partition coefficient (Wildman–Crippen LogP) is 1.05. The molecule has 3 rings (SSSR count). The predicted molar refractivity (Wildman–Crippen MR) is 54.6 cm³/mol. The van der Waals surface area contributed by atoms with Crippen LogP contribution in [0.4, 0.5) is 19.1 Å². The highest BCUT2D eigenvalue weighted by Gasteiger charge is 2.39. The molecule has 4 nitrogen and oxygen atoms in total. The Balaban J connectivity index is 1.81. The van der Waals surface area contributed by atoms with Crippen LogP contribution >= 0.6 is 0 Å². The lowest BCUT2D eigenvalue weighted by atomic mass is 10.2. The molecular weight excluding hydrogens is 233 g/mol. The second-order valence-corrected chi connectivity index (χ2v) is 4.42. The number of aromatic nitrogens is 2. The summed E-state index contributed by atoms with van der Waals surface area (Å²) in [6.45, 7) is 1.63. The molecule has 1 N–H and O–H groups in total. The van der Waals surface area contributed by atoms with Crippen LogP contribution in [-0.2, 0) is 6.18 Å². The minimum atomic E-state index is -4.37. The first-order chi connectivity index (χ1) is 8.04. The van der Waals surface area contributed by atoms with Crippen molar-refractivity contribution in [3.05, 3.63) is 18.0 Å². The third kappa shape index (κ3) is 1.84. The molecule has 0 aromatic carbocycles. The number of nitrogens with zero attached hydrogens (tertiary/aromatic N) is 3. The van der Waals surface area contributed by atoms with E-state index in [1.807, 2.05) is 4.90 Å². The van der Waals surface area contributed by atoms with Gasteiger partial charge in [-0.05, 0) is 6.42 Å². The minimum absolute atomic E-state index is 0.316. The molecule has 2 bridgehead atoms. The summed E-state index contributed by atoms with van der Waals surface area (Å²) >= 11 is 0. The largest absolute Gasteiger partial charge is 0.419 e. The quantitative estimate of drug-likeness (QED) is 0.801. The van der Waals surface area contributed by atoms with Crippen molar-refractivity contribution < 1.29 is 13.2 Å². The van der Waals surface area contributed by atoms with Crippen molar-refractivity contribution in [1.29, 1.82) is 0 Å². The Labute approximate surface area is 95.9 Å².